The summed E-state index contributed by atoms with van der Waals surface area (Å²) in [6, 6.07) is 0. The van der Waals surface area contributed by atoms with Crippen LogP contribution >= 0.6 is 0 Å². The first-order valence-electron chi connectivity index (χ1n) is 4.08. The quantitative estimate of drug-likeness (QED) is 0.430. The summed E-state index contributed by atoms with van der Waals surface area (Å²) < 4.78 is 0. The lowest BCUT2D eigenvalue weighted by Gasteiger charge is -2.14. The lowest BCUT2D eigenvalue weighted by molar-refractivity contribution is 0.457. The Labute approximate surface area is 56.0 Å². The summed E-state index contributed by atoms with van der Waals surface area (Å²) in [5.41, 5.74) is 1.80. The molecule has 48 valence electrons. The number of fused-ring (bicyclic) bond motifs is 2. The lowest BCUT2D eigenvalue weighted by atomic mass is 9.91. The molecule has 4 unspecified atom stereocenters. The molecule has 0 aliphatic heterocycles. The SMILES string of the molecule is CC1C2=CC2CC2CC21. The molecule has 4 atom stereocenters. The third kappa shape index (κ3) is 0.452. The van der Waals surface area contributed by atoms with E-state index in [1.54, 1.807) is 12.0 Å². The van der Waals surface area contributed by atoms with E-state index in [1.807, 2.05) is 0 Å². The molecule has 0 amide bonds. The van der Waals surface area contributed by atoms with Crippen LogP contribution in [0, 0.1) is 23.7 Å². The van der Waals surface area contributed by atoms with Crippen molar-refractivity contribution >= 4 is 0 Å². The molecule has 0 heterocycles. The Hall–Kier alpha value is -0.260. The minimum Gasteiger partial charge on any atom is -0.0772 e. The van der Waals surface area contributed by atoms with Gasteiger partial charge in [-0.2, -0.15) is 0 Å². The first-order valence-corrected chi connectivity index (χ1v) is 4.08. The standard InChI is InChI=1S/C9H12/c1-5-8-3-6(8)2-7-4-9(5)7/h3,5-7,9H,2,4H2,1H3. The van der Waals surface area contributed by atoms with Crippen LogP contribution in [0.5, 0.6) is 0 Å². The fraction of sp³-hybridized carbons (Fsp3) is 0.778. The van der Waals surface area contributed by atoms with Crippen molar-refractivity contribution in [3.05, 3.63) is 11.6 Å². The molecule has 0 saturated heterocycles. The summed E-state index contributed by atoms with van der Waals surface area (Å²) in [5.74, 6) is 4.24. The van der Waals surface area contributed by atoms with E-state index in [1.165, 1.54) is 6.42 Å². The molecule has 0 aromatic heterocycles. The van der Waals surface area contributed by atoms with Gasteiger partial charge in [-0.1, -0.05) is 18.6 Å². The van der Waals surface area contributed by atoms with E-state index in [4.69, 9.17) is 0 Å². The largest absolute Gasteiger partial charge is 0.0772 e. The van der Waals surface area contributed by atoms with Gasteiger partial charge in [0.05, 0.1) is 0 Å². The number of hydrogen-bond acceptors (Lipinski definition) is 0. The third-order valence-electron chi connectivity index (χ3n) is 3.41. The van der Waals surface area contributed by atoms with E-state index in [2.05, 4.69) is 13.0 Å². The van der Waals surface area contributed by atoms with Crippen molar-refractivity contribution in [3.63, 3.8) is 0 Å². The van der Waals surface area contributed by atoms with Gasteiger partial charge in [-0.3, -0.25) is 0 Å². The van der Waals surface area contributed by atoms with Crippen LogP contribution in [0.3, 0.4) is 0 Å². The Balaban J connectivity index is 1.93. The van der Waals surface area contributed by atoms with Gasteiger partial charge in [0.1, 0.15) is 0 Å². The Morgan fingerprint density at radius 1 is 1.44 bits per heavy atom. The maximum Gasteiger partial charge on any atom is -0.00146 e. The van der Waals surface area contributed by atoms with Gasteiger partial charge in [-0.05, 0) is 36.5 Å². The monoisotopic (exact) mass is 120 g/mol. The zero-order valence-corrected chi connectivity index (χ0v) is 5.80. The topological polar surface area (TPSA) is 0 Å². The fourth-order valence-electron chi connectivity index (χ4n) is 2.61. The predicted molar refractivity (Wildman–Crippen MR) is 37.0 cm³/mol. The molecule has 0 aromatic carbocycles. The van der Waals surface area contributed by atoms with Crippen LogP contribution in [-0.4, -0.2) is 0 Å². The van der Waals surface area contributed by atoms with Gasteiger partial charge < -0.3 is 0 Å². The number of rotatable bonds is 0. The van der Waals surface area contributed by atoms with Crippen molar-refractivity contribution in [1.29, 1.82) is 0 Å². The van der Waals surface area contributed by atoms with Crippen molar-refractivity contribution in [3.8, 4) is 0 Å². The van der Waals surface area contributed by atoms with Crippen molar-refractivity contribution in [2.24, 2.45) is 23.7 Å². The molecule has 2 saturated carbocycles. The smallest absolute Gasteiger partial charge is 0.00146 e. The molecular weight excluding hydrogens is 108 g/mol. The van der Waals surface area contributed by atoms with Crippen LogP contribution in [0.15, 0.2) is 11.6 Å². The average molecular weight is 120 g/mol. The van der Waals surface area contributed by atoms with E-state index in [0.29, 0.717) is 0 Å². The van der Waals surface area contributed by atoms with Crippen LogP contribution in [-0.2, 0) is 0 Å². The molecular formula is C9H12. The van der Waals surface area contributed by atoms with E-state index in [-0.39, 0.29) is 0 Å². The fourth-order valence-corrected chi connectivity index (χ4v) is 2.61. The Morgan fingerprint density at radius 2 is 2.33 bits per heavy atom. The molecule has 3 aliphatic carbocycles. The van der Waals surface area contributed by atoms with Crippen LogP contribution in [0.25, 0.3) is 0 Å². The third-order valence-corrected chi connectivity index (χ3v) is 3.41. The highest BCUT2D eigenvalue weighted by Gasteiger charge is 2.52. The summed E-state index contributed by atoms with van der Waals surface area (Å²) in [5, 5.41) is 0. The van der Waals surface area contributed by atoms with Gasteiger partial charge in [-0.15, -0.1) is 0 Å². The second-order valence-corrected chi connectivity index (χ2v) is 3.96. The summed E-state index contributed by atoms with van der Waals surface area (Å²) in [7, 11) is 0. The molecule has 0 nitrogen and oxygen atoms in total. The normalized spacial score (nSPS) is 59.4. The van der Waals surface area contributed by atoms with Crippen LogP contribution < -0.4 is 0 Å². The maximum absolute atomic E-state index is 2.48. The maximum atomic E-state index is 2.48. The Kier molecular flexibility index (Phi) is 0.564. The number of allylic oxidation sites excluding steroid dienone is 2. The van der Waals surface area contributed by atoms with Gasteiger partial charge in [0.25, 0.3) is 0 Å². The lowest BCUT2D eigenvalue weighted by Crippen LogP contribution is -2.06. The van der Waals surface area contributed by atoms with Gasteiger partial charge >= 0.3 is 0 Å². The highest BCUT2D eigenvalue weighted by Crippen LogP contribution is 2.61. The van der Waals surface area contributed by atoms with Gasteiger partial charge in [0, 0.05) is 0 Å². The first kappa shape index (κ1) is 4.54. The minimum atomic E-state index is 0.980. The second-order valence-electron chi connectivity index (χ2n) is 3.96. The van der Waals surface area contributed by atoms with Crippen molar-refractivity contribution in [2.45, 2.75) is 19.8 Å². The van der Waals surface area contributed by atoms with E-state index in [9.17, 15) is 0 Å². The molecule has 3 aliphatic rings. The summed E-state index contributed by atoms with van der Waals surface area (Å²) in [6.45, 7) is 2.41. The first-order chi connectivity index (χ1) is 4.36. The molecule has 2 fully saturated rings. The van der Waals surface area contributed by atoms with Crippen LogP contribution in [0.4, 0.5) is 0 Å². The number of hydrogen-bond donors (Lipinski definition) is 0. The van der Waals surface area contributed by atoms with E-state index < -0.39 is 0 Å². The second kappa shape index (κ2) is 1.12. The van der Waals surface area contributed by atoms with E-state index in [0.717, 1.165) is 23.7 Å². The molecule has 0 heteroatoms. The summed E-state index contributed by atoms with van der Waals surface area (Å²) >= 11 is 0. The average Bonchev–Trinajstić information content (AvgIpc) is 2.57. The molecule has 0 bridgehead atoms. The minimum absolute atomic E-state index is 0.980. The molecule has 3 rings (SSSR count). The van der Waals surface area contributed by atoms with E-state index >= 15 is 0 Å². The molecule has 0 aromatic rings. The summed E-state index contributed by atoms with van der Waals surface area (Å²) in [6.07, 6.45) is 5.55. The summed E-state index contributed by atoms with van der Waals surface area (Å²) in [4.78, 5) is 0. The molecule has 9 heavy (non-hydrogen) atoms. The van der Waals surface area contributed by atoms with Gasteiger partial charge in [0.2, 0.25) is 0 Å². The molecule has 0 spiro atoms. The predicted octanol–water partition coefficient (Wildman–Crippen LogP) is 2.22. The van der Waals surface area contributed by atoms with Crippen LogP contribution in [0.1, 0.15) is 19.8 Å². The zero-order valence-electron chi connectivity index (χ0n) is 5.80. The Bertz CT molecular complexity index is 190. The van der Waals surface area contributed by atoms with Crippen LogP contribution in [0.2, 0.25) is 0 Å². The van der Waals surface area contributed by atoms with Gasteiger partial charge in [0.15, 0.2) is 0 Å². The highest BCUT2D eigenvalue weighted by atomic mass is 14.6. The zero-order chi connectivity index (χ0) is 6.01. The van der Waals surface area contributed by atoms with Gasteiger partial charge in [-0.25, -0.2) is 0 Å². The van der Waals surface area contributed by atoms with Crippen molar-refractivity contribution in [1.82, 2.24) is 0 Å². The highest BCUT2D eigenvalue weighted by molar-refractivity contribution is 5.36. The Morgan fingerprint density at radius 3 is 3.22 bits per heavy atom. The van der Waals surface area contributed by atoms with Crippen molar-refractivity contribution in [2.75, 3.05) is 0 Å². The molecule has 0 radical (unpaired) electrons. The van der Waals surface area contributed by atoms with Crippen molar-refractivity contribution < 1.29 is 0 Å². The molecule has 0 N–H and O–H groups in total.